The number of halogens is 9. The molecule has 1 aliphatic carbocycles. The minimum absolute atomic E-state index is 0. The second-order valence-corrected chi connectivity index (χ2v) is 1.69. The van der Waals surface area contributed by atoms with Crippen LogP contribution in [0.3, 0.4) is 0 Å². The van der Waals surface area contributed by atoms with E-state index in [9.17, 15) is 22.0 Å². The van der Waals surface area contributed by atoms with Gasteiger partial charge in [0.15, 0.2) is 11.7 Å². The van der Waals surface area contributed by atoms with E-state index in [-0.39, 0.29) is 74.1 Å². The smallest absolute Gasteiger partial charge is 0.270 e. The van der Waals surface area contributed by atoms with Crippen molar-refractivity contribution in [1.29, 1.82) is 0 Å². The summed E-state index contributed by atoms with van der Waals surface area (Å²) in [6, 6.07) is 0. The van der Waals surface area contributed by atoms with E-state index < -0.39 is 29.5 Å². The fourth-order valence-electron chi connectivity index (χ4n) is 0.495. The molecule has 0 atom stereocenters. The van der Waals surface area contributed by atoms with Crippen molar-refractivity contribution in [3.8, 4) is 0 Å². The van der Waals surface area contributed by atoms with Crippen LogP contribution in [0.2, 0.25) is 0 Å². The number of hydrogen-bond acceptors (Lipinski definition) is 0. The quantitative estimate of drug-likeness (QED) is 0.204. The minimum atomic E-state index is -2.17. The summed E-state index contributed by atoms with van der Waals surface area (Å²) in [5.41, 5.74) is 1.02. The Labute approximate surface area is 130 Å². The molecule has 0 aromatic carbocycles. The van der Waals surface area contributed by atoms with Gasteiger partial charge in [0, 0.05) is 24.4 Å². The summed E-state index contributed by atoms with van der Waals surface area (Å²) in [4.78, 5) is 0. The van der Waals surface area contributed by atoms with Gasteiger partial charge in [0.25, 0.3) is 6.17 Å². The zero-order chi connectivity index (χ0) is 8.59. The van der Waals surface area contributed by atoms with Gasteiger partial charge in [0.05, 0.1) is 0 Å². The van der Waals surface area contributed by atoms with Crippen molar-refractivity contribution in [3.05, 3.63) is 35.2 Å². The number of rotatable bonds is 0. The molecule has 0 aromatic heterocycles. The number of hydrogen-bond donors (Lipinski definition) is 0. The molecule has 0 N–H and O–H groups in total. The Morgan fingerprint density at radius 3 is 1.38 bits per heavy atom. The molecule has 96 valence electrons. The maximum Gasteiger partial charge on any atom is 0.270 e. The molecule has 16 heavy (non-hydrogen) atoms. The zero-order valence-electron chi connectivity index (χ0n) is 6.85. The van der Waals surface area contributed by atoms with Crippen LogP contribution in [0.25, 0.3) is 0 Å². The van der Waals surface area contributed by atoms with E-state index in [1.165, 1.54) is 0 Å². The van der Waals surface area contributed by atoms with E-state index in [1.54, 1.807) is 0 Å². The predicted octanol–water partition coefficient (Wildman–Crippen LogP) is -9.41. The predicted molar refractivity (Wildman–Crippen MR) is 32.1 cm³/mol. The molecule has 1 aliphatic rings. The van der Waals surface area contributed by atoms with Gasteiger partial charge in [-0.15, -0.1) is 0 Å². The average Bonchev–Trinajstić information content (AvgIpc) is 1.97. The third-order valence-electron chi connectivity index (χ3n) is 0.990. The van der Waals surface area contributed by atoms with Gasteiger partial charge in [0.2, 0.25) is 11.7 Å². The van der Waals surface area contributed by atoms with E-state index >= 15 is 0 Å². The van der Waals surface area contributed by atoms with Crippen molar-refractivity contribution in [3.63, 3.8) is 0 Å². The van der Waals surface area contributed by atoms with Crippen LogP contribution in [-0.2, 0) is 0 Å². The second kappa shape index (κ2) is 12.3. The SMILES string of the molecule is F[C]1C(F)=C=C(F)C(F)=C1F.[Cl-].[Cl-].[Cl-].[Cl-].[Sb]. The maximum atomic E-state index is 12.0. The molecule has 0 heterocycles. The Hall–Kier alpha value is 0.888. The molecule has 1 rings (SSSR count). The molecule has 4 radical (unpaired) electrons. The molecule has 0 bridgehead atoms. The van der Waals surface area contributed by atoms with Gasteiger partial charge >= 0.3 is 0 Å². The van der Waals surface area contributed by atoms with Gasteiger partial charge in [-0.3, -0.25) is 0 Å². The Morgan fingerprint density at radius 2 is 1.00 bits per heavy atom. The summed E-state index contributed by atoms with van der Waals surface area (Å²) >= 11 is 0. The topological polar surface area (TPSA) is 0 Å². The van der Waals surface area contributed by atoms with Crippen molar-refractivity contribution in [2.45, 2.75) is 0 Å². The molecule has 0 nitrogen and oxygen atoms in total. The monoisotopic (exact) mass is 428 g/mol. The third kappa shape index (κ3) is 6.58. The van der Waals surface area contributed by atoms with Gasteiger partial charge in [-0.25, -0.2) is 8.78 Å². The Morgan fingerprint density at radius 1 is 0.625 bits per heavy atom. The van der Waals surface area contributed by atoms with Crippen LogP contribution in [-0.4, -0.2) is 24.4 Å². The van der Waals surface area contributed by atoms with Gasteiger partial charge < -0.3 is 49.6 Å². The summed E-state index contributed by atoms with van der Waals surface area (Å²) in [6.07, 6.45) is -2.07. The van der Waals surface area contributed by atoms with E-state index in [0.717, 1.165) is 5.73 Å². The Bertz CT molecular complexity index is 299. The van der Waals surface area contributed by atoms with Crippen molar-refractivity contribution >= 4 is 24.4 Å². The summed E-state index contributed by atoms with van der Waals surface area (Å²) in [7, 11) is 0. The van der Waals surface area contributed by atoms with Gasteiger partial charge in [-0.2, -0.15) is 13.2 Å². The van der Waals surface area contributed by atoms with Gasteiger partial charge in [-0.05, 0) is 5.73 Å². The summed E-state index contributed by atoms with van der Waals surface area (Å²) in [6.45, 7) is 0. The molecule has 0 amide bonds. The summed E-state index contributed by atoms with van der Waals surface area (Å²) in [5, 5.41) is 0. The van der Waals surface area contributed by atoms with Crippen molar-refractivity contribution in [2.75, 3.05) is 0 Å². The van der Waals surface area contributed by atoms with E-state index in [2.05, 4.69) is 0 Å². The molecule has 0 saturated heterocycles. The van der Waals surface area contributed by atoms with Crippen molar-refractivity contribution < 1.29 is 71.6 Å². The molecule has 0 aromatic rings. The zero-order valence-corrected chi connectivity index (χ0v) is 12.4. The van der Waals surface area contributed by atoms with Gasteiger partial charge in [-0.1, -0.05) is 0 Å². The minimum Gasteiger partial charge on any atom is -1.00 e. The van der Waals surface area contributed by atoms with Crippen LogP contribution in [0.1, 0.15) is 0 Å². The van der Waals surface area contributed by atoms with Crippen LogP contribution in [0.4, 0.5) is 22.0 Å². The first-order valence-corrected chi connectivity index (χ1v) is 2.44. The molecule has 0 unspecified atom stereocenters. The molecular weight excluding hydrogens is 431 g/mol. The fraction of sp³-hybridized carbons (Fsp3) is 0. The Kier molecular flexibility index (Phi) is 23.3. The van der Waals surface area contributed by atoms with E-state index in [4.69, 9.17) is 0 Å². The standard InChI is InChI=1S/C6F5.4ClH.Sb/c7-2-1-3(8)5(10)6(11)4(2)9;;;;;/h;4*1H;/p-4. The van der Waals surface area contributed by atoms with E-state index in [0.29, 0.717) is 0 Å². The summed E-state index contributed by atoms with van der Waals surface area (Å²) < 4.78 is 59.9. The van der Waals surface area contributed by atoms with Crippen LogP contribution >= 0.6 is 0 Å². The molecule has 0 aliphatic heterocycles. The molecule has 10 heteroatoms. The van der Waals surface area contributed by atoms with E-state index in [1.807, 2.05) is 0 Å². The normalized spacial score (nSPS) is 13.8. The maximum absolute atomic E-state index is 12.0. The first-order valence-electron chi connectivity index (χ1n) is 2.44. The van der Waals surface area contributed by atoms with Gasteiger partial charge in [0.1, 0.15) is 0 Å². The van der Waals surface area contributed by atoms with Crippen LogP contribution < -0.4 is 49.6 Å². The molecular formula is C6Cl4F5Sb-4. The second-order valence-electron chi connectivity index (χ2n) is 1.69. The molecule has 0 fully saturated rings. The van der Waals surface area contributed by atoms with Crippen LogP contribution in [0, 0.1) is 6.17 Å². The summed E-state index contributed by atoms with van der Waals surface area (Å²) in [5.74, 6) is -7.98. The molecule has 0 saturated carbocycles. The fourth-order valence-corrected chi connectivity index (χ4v) is 0.495. The first kappa shape index (κ1) is 30.2. The Balaban J connectivity index is -0.0000000807. The number of allylic oxidation sites excluding steroid dienone is 3. The average molecular weight is 431 g/mol. The third-order valence-corrected chi connectivity index (χ3v) is 0.990. The van der Waals surface area contributed by atoms with Crippen molar-refractivity contribution in [2.24, 2.45) is 0 Å². The largest absolute Gasteiger partial charge is 1.00 e. The van der Waals surface area contributed by atoms with Crippen LogP contribution in [0.5, 0.6) is 0 Å². The van der Waals surface area contributed by atoms with Crippen LogP contribution in [0.15, 0.2) is 29.0 Å². The molecule has 0 spiro atoms. The first-order chi connectivity index (χ1) is 5.04. The van der Waals surface area contributed by atoms with Crippen molar-refractivity contribution in [1.82, 2.24) is 0 Å².